The molecule has 2 heterocycles. The number of nitriles is 1. The summed E-state index contributed by atoms with van der Waals surface area (Å²) in [6, 6.07) is 2.58. The topological polar surface area (TPSA) is 70.8 Å². The lowest BCUT2D eigenvalue weighted by Gasteiger charge is -2.14. The van der Waals surface area contributed by atoms with Crippen LogP contribution in [0.5, 0.6) is 5.88 Å². The van der Waals surface area contributed by atoms with Crippen LogP contribution in [0.2, 0.25) is 0 Å². The minimum Gasteiger partial charge on any atom is -0.474 e. The van der Waals surface area contributed by atoms with E-state index in [0.29, 0.717) is 24.1 Å². The fraction of sp³-hybridized carbons (Fsp3) is 0.643. The van der Waals surface area contributed by atoms with Crippen molar-refractivity contribution in [3.8, 4) is 11.9 Å². The van der Waals surface area contributed by atoms with E-state index in [1.165, 1.54) is 6.42 Å². The maximum absolute atomic E-state index is 9.33. The molecule has 0 bridgehead atoms. The average Bonchev–Trinajstić information content (AvgIpc) is 2.96. The lowest BCUT2D eigenvalue weighted by molar-refractivity contribution is 0.263. The Hall–Kier alpha value is -1.67. The smallest absolute Gasteiger partial charge is 0.251 e. The number of aromatic nitrogens is 2. The second-order valence-corrected chi connectivity index (χ2v) is 4.73. The Bertz CT molecular complexity index is 475. The second kappa shape index (κ2) is 6.48. The van der Waals surface area contributed by atoms with Crippen LogP contribution in [0, 0.1) is 11.3 Å². The first-order valence-corrected chi connectivity index (χ1v) is 6.94. The molecule has 19 heavy (non-hydrogen) atoms. The fourth-order valence-electron chi connectivity index (χ4n) is 2.45. The van der Waals surface area contributed by atoms with Crippen LogP contribution in [0.15, 0.2) is 0 Å². The highest BCUT2D eigenvalue weighted by atomic mass is 16.5. The van der Waals surface area contributed by atoms with Gasteiger partial charge in [-0.15, -0.1) is 5.10 Å². The van der Waals surface area contributed by atoms with Crippen LogP contribution < -0.4 is 10.1 Å². The van der Waals surface area contributed by atoms with Crippen molar-refractivity contribution in [3.63, 3.8) is 0 Å². The molecule has 1 aliphatic heterocycles. The second-order valence-electron chi connectivity index (χ2n) is 4.73. The first-order chi connectivity index (χ1) is 9.30. The van der Waals surface area contributed by atoms with E-state index in [2.05, 4.69) is 21.6 Å². The number of rotatable bonds is 5. The molecule has 102 valence electrons. The summed E-state index contributed by atoms with van der Waals surface area (Å²) in [5.41, 5.74) is 2.41. The molecular formula is C14H20N4O. The van der Waals surface area contributed by atoms with Gasteiger partial charge in [0.05, 0.1) is 5.69 Å². The number of nitrogens with one attached hydrogen (secondary N) is 1. The molecule has 5 heteroatoms. The van der Waals surface area contributed by atoms with Crippen molar-refractivity contribution in [1.82, 2.24) is 15.5 Å². The Kier molecular flexibility index (Phi) is 4.69. The summed E-state index contributed by atoms with van der Waals surface area (Å²) in [5.74, 6) is 0.380. The Labute approximate surface area is 114 Å². The van der Waals surface area contributed by atoms with Crippen molar-refractivity contribution in [2.24, 2.45) is 0 Å². The molecule has 5 nitrogen and oxygen atoms in total. The van der Waals surface area contributed by atoms with Gasteiger partial charge in [0.25, 0.3) is 5.88 Å². The molecule has 1 aromatic rings. The van der Waals surface area contributed by atoms with Crippen LogP contribution >= 0.6 is 0 Å². The van der Waals surface area contributed by atoms with E-state index in [0.717, 1.165) is 37.1 Å². The van der Waals surface area contributed by atoms with Gasteiger partial charge in [-0.3, -0.25) is 0 Å². The zero-order valence-corrected chi connectivity index (χ0v) is 11.6. The fourth-order valence-corrected chi connectivity index (χ4v) is 2.45. The first-order valence-electron chi connectivity index (χ1n) is 6.94. The van der Waals surface area contributed by atoms with E-state index in [9.17, 15) is 5.26 Å². The lowest BCUT2D eigenvalue weighted by atomic mass is 10.0. The van der Waals surface area contributed by atoms with E-state index in [1.807, 2.05) is 13.8 Å². The van der Waals surface area contributed by atoms with Gasteiger partial charge in [0.1, 0.15) is 18.2 Å². The zero-order chi connectivity index (χ0) is 13.7. The van der Waals surface area contributed by atoms with Gasteiger partial charge < -0.3 is 10.1 Å². The molecule has 1 aliphatic rings. The normalized spacial score (nSPS) is 18.3. The van der Waals surface area contributed by atoms with Gasteiger partial charge >= 0.3 is 0 Å². The molecule has 1 unspecified atom stereocenters. The Morgan fingerprint density at radius 3 is 2.79 bits per heavy atom. The van der Waals surface area contributed by atoms with Crippen molar-refractivity contribution in [1.29, 1.82) is 5.26 Å². The zero-order valence-electron chi connectivity index (χ0n) is 11.6. The van der Waals surface area contributed by atoms with Crippen LogP contribution in [0.1, 0.15) is 43.5 Å². The molecule has 1 saturated heterocycles. The van der Waals surface area contributed by atoms with Gasteiger partial charge in [-0.1, -0.05) is 13.8 Å². The number of nitrogens with zero attached hydrogens (tertiary/aromatic N) is 3. The first kappa shape index (κ1) is 13.8. The molecule has 0 aliphatic carbocycles. The quantitative estimate of drug-likeness (QED) is 0.870. The summed E-state index contributed by atoms with van der Waals surface area (Å²) in [6.45, 7) is 5.64. The minimum absolute atomic E-state index is 0.365. The predicted octanol–water partition coefficient (Wildman–Crippen LogP) is 1.60. The van der Waals surface area contributed by atoms with Crippen LogP contribution in [-0.2, 0) is 12.8 Å². The summed E-state index contributed by atoms with van der Waals surface area (Å²) in [7, 11) is 0. The molecule has 0 aromatic carbocycles. The highest BCUT2D eigenvalue weighted by Gasteiger charge is 2.18. The van der Waals surface area contributed by atoms with Gasteiger partial charge in [0, 0.05) is 6.04 Å². The van der Waals surface area contributed by atoms with Gasteiger partial charge in [-0.25, -0.2) is 0 Å². The average molecular weight is 260 g/mol. The Morgan fingerprint density at radius 2 is 2.21 bits per heavy atom. The Morgan fingerprint density at radius 1 is 1.37 bits per heavy atom. The van der Waals surface area contributed by atoms with E-state index in [-0.39, 0.29) is 0 Å². The number of aryl methyl sites for hydroxylation is 1. The minimum atomic E-state index is 0.365. The standard InChI is InChI=1S/C14H20N4O/c1-3-11-12(8-15)14(18-17-13(11)4-2)19-9-10-6-5-7-16-10/h10,16H,3-7,9H2,1-2H3. The number of hydrogen-bond acceptors (Lipinski definition) is 5. The third-order valence-electron chi connectivity index (χ3n) is 3.51. The lowest BCUT2D eigenvalue weighted by Crippen LogP contribution is -2.28. The Balaban J connectivity index is 2.17. The predicted molar refractivity (Wildman–Crippen MR) is 72.0 cm³/mol. The van der Waals surface area contributed by atoms with Gasteiger partial charge in [-0.05, 0) is 37.8 Å². The molecule has 0 saturated carbocycles. The van der Waals surface area contributed by atoms with Crippen molar-refractivity contribution in [2.75, 3.05) is 13.2 Å². The van der Waals surface area contributed by atoms with E-state index in [4.69, 9.17) is 4.74 Å². The van der Waals surface area contributed by atoms with Crippen molar-refractivity contribution >= 4 is 0 Å². The largest absolute Gasteiger partial charge is 0.474 e. The highest BCUT2D eigenvalue weighted by Crippen LogP contribution is 2.22. The maximum Gasteiger partial charge on any atom is 0.251 e. The van der Waals surface area contributed by atoms with E-state index >= 15 is 0 Å². The summed E-state index contributed by atoms with van der Waals surface area (Å²) < 4.78 is 5.70. The van der Waals surface area contributed by atoms with Crippen LogP contribution in [-0.4, -0.2) is 29.4 Å². The third-order valence-corrected chi connectivity index (χ3v) is 3.51. The molecule has 2 rings (SSSR count). The van der Waals surface area contributed by atoms with Crippen LogP contribution in [0.3, 0.4) is 0 Å². The molecule has 1 aromatic heterocycles. The SMILES string of the molecule is CCc1nnc(OCC2CCCN2)c(C#N)c1CC. The number of ether oxygens (including phenoxy) is 1. The number of hydrogen-bond donors (Lipinski definition) is 1. The molecular weight excluding hydrogens is 240 g/mol. The molecule has 1 fully saturated rings. The summed E-state index contributed by atoms with van der Waals surface area (Å²) in [5, 5.41) is 20.9. The monoisotopic (exact) mass is 260 g/mol. The van der Waals surface area contributed by atoms with Crippen molar-refractivity contribution in [2.45, 2.75) is 45.6 Å². The summed E-state index contributed by atoms with van der Waals surface area (Å²) in [6.07, 6.45) is 3.86. The van der Waals surface area contributed by atoms with Gasteiger partial charge in [-0.2, -0.15) is 10.4 Å². The van der Waals surface area contributed by atoms with E-state index in [1.54, 1.807) is 0 Å². The maximum atomic E-state index is 9.33. The molecule has 0 amide bonds. The van der Waals surface area contributed by atoms with Gasteiger partial charge in [0.15, 0.2) is 0 Å². The molecule has 1 atom stereocenters. The summed E-state index contributed by atoms with van der Waals surface area (Å²) in [4.78, 5) is 0. The van der Waals surface area contributed by atoms with Crippen molar-refractivity contribution < 1.29 is 4.74 Å². The van der Waals surface area contributed by atoms with E-state index < -0.39 is 0 Å². The molecule has 0 radical (unpaired) electrons. The molecule has 0 spiro atoms. The van der Waals surface area contributed by atoms with Crippen LogP contribution in [0.4, 0.5) is 0 Å². The van der Waals surface area contributed by atoms with Crippen molar-refractivity contribution in [3.05, 3.63) is 16.8 Å². The highest BCUT2D eigenvalue weighted by molar-refractivity contribution is 5.46. The summed E-state index contributed by atoms with van der Waals surface area (Å²) >= 11 is 0. The molecule has 1 N–H and O–H groups in total. The third kappa shape index (κ3) is 3.02. The van der Waals surface area contributed by atoms with Gasteiger partial charge in [0.2, 0.25) is 0 Å². The van der Waals surface area contributed by atoms with Crippen LogP contribution in [0.25, 0.3) is 0 Å².